The maximum atomic E-state index is 13.4. The third-order valence-electron chi connectivity index (χ3n) is 3.66. The zero-order chi connectivity index (χ0) is 15.0. The summed E-state index contributed by atoms with van der Waals surface area (Å²) in [4.78, 5) is 13.6. The summed E-state index contributed by atoms with van der Waals surface area (Å²) >= 11 is 0. The molecule has 0 unspecified atom stereocenters. The number of anilines is 1. The van der Waals surface area contributed by atoms with Crippen molar-refractivity contribution in [3.8, 4) is 5.75 Å². The molecule has 2 aromatic carbocycles. The van der Waals surface area contributed by atoms with Crippen molar-refractivity contribution in [3.05, 3.63) is 59.9 Å². The average Bonchev–Trinajstić information content (AvgIpc) is 2.51. The van der Waals surface area contributed by atoms with Crippen LogP contribution in [0.5, 0.6) is 5.75 Å². The Kier molecular flexibility index (Phi) is 3.35. The minimum absolute atomic E-state index is 0.214. The predicted octanol–water partition coefficient (Wildman–Crippen LogP) is 2.25. The van der Waals surface area contributed by atoms with Gasteiger partial charge in [0.1, 0.15) is 17.6 Å². The van der Waals surface area contributed by atoms with E-state index in [2.05, 4.69) is 0 Å². The first-order valence-corrected chi connectivity index (χ1v) is 6.60. The van der Waals surface area contributed by atoms with Crippen molar-refractivity contribution in [1.29, 1.82) is 0 Å². The lowest BCUT2D eigenvalue weighted by Gasteiger charge is -2.45. The van der Waals surface area contributed by atoms with Gasteiger partial charge in [0.15, 0.2) is 0 Å². The molecule has 3 rings (SSSR count). The fourth-order valence-corrected chi connectivity index (χ4v) is 2.61. The van der Waals surface area contributed by atoms with Gasteiger partial charge in [-0.15, -0.1) is 0 Å². The SMILES string of the molecule is COc1cccc([C@@H]2[C@@H](N)C(=O)N2c2cccc(F)c2)c1. The highest BCUT2D eigenvalue weighted by Gasteiger charge is 2.46. The maximum Gasteiger partial charge on any atom is 0.247 e. The van der Waals surface area contributed by atoms with E-state index in [1.165, 1.54) is 17.0 Å². The molecular formula is C16H15FN2O2. The molecule has 0 radical (unpaired) electrons. The number of carbonyl (C=O) groups excluding carboxylic acids is 1. The number of benzene rings is 2. The minimum atomic E-state index is -0.625. The van der Waals surface area contributed by atoms with Gasteiger partial charge >= 0.3 is 0 Å². The van der Waals surface area contributed by atoms with Gasteiger partial charge in [0.2, 0.25) is 5.91 Å². The van der Waals surface area contributed by atoms with Crippen LogP contribution in [0.15, 0.2) is 48.5 Å². The van der Waals surface area contributed by atoms with Crippen LogP contribution >= 0.6 is 0 Å². The summed E-state index contributed by atoms with van der Waals surface area (Å²) in [7, 11) is 1.58. The summed E-state index contributed by atoms with van der Waals surface area (Å²) in [5.41, 5.74) is 7.31. The van der Waals surface area contributed by atoms with Gasteiger partial charge in [0.05, 0.1) is 13.2 Å². The van der Waals surface area contributed by atoms with E-state index in [-0.39, 0.29) is 17.8 Å². The molecule has 4 nitrogen and oxygen atoms in total. The third-order valence-corrected chi connectivity index (χ3v) is 3.66. The zero-order valence-electron chi connectivity index (χ0n) is 11.5. The summed E-state index contributed by atoms with van der Waals surface area (Å²) in [6.07, 6.45) is 0. The van der Waals surface area contributed by atoms with Crippen LogP contribution in [0, 0.1) is 5.82 Å². The topological polar surface area (TPSA) is 55.6 Å². The Morgan fingerprint density at radius 3 is 2.67 bits per heavy atom. The van der Waals surface area contributed by atoms with Gasteiger partial charge in [-0.1, -0.05) is 18.2 Å². The summed E-state index contributed by atoms with van der Waals surface area (Å²) in [5, 5.41) is 0. The van der Waals surface area contributed by atoms with Crippen LogP contribution in [0.2, 0.25) is 0 Å². The van der Waals surface area contributed by atoms with Crippen LogP contribution < -0.4 is 15.4 Å². The van der Waals surface area contributed by atoms with E-state index < -0.39 is 6.04 Å². The van der Waals surface area contributed by atoms with E-state index in [4.69, 9.17) is 10.5 Å². The molecular weight excluding hydrogens is 271 g/mol. The number of nitrogens with two attached hydrogens (primary N) is 1. The van der Waals surface area contributed by atoms with Gasteiger partial charge in [-0.05, 0) is 35.9 Å². The molecule has 1 saturated heterocycles. The first kappa shape index (κ1) is 13.6. The lowest BCUT2D eigenvalue weighted by atomic mass is 9.88. The Bertz CT molecular complexity index is 689. The number of halogens is 1. The first-order valence-electron chi connectivity index (χ1n) is 6.60. The van der Waals surface area contributed by atoms with E-state index in [0.717, 1.165) is 5.56 Å². The van der Waals surface area contributed by atoms with Crippen molar-refractivity contribution in [1.82, 2.24) is 0 Å². The molecule has 5 heteroatoms. The van der Waals surface area contributed by atoms with E-state index >= 15 is 0 Å². The highest BCUT2D eigenvalue weighted by molar-refractivity contribution is 6.05. The third kappa shape index (κ3) is 2.25. The van der Waals surface area contributed by atoms with Crippen LogP contribution in [0.1, 0.15) is 11.6 Å². The van der Waals surface area contributed by atoms with E-state index in [9.17, 15) is 9.18 Å². The number of methoxy groups -OCH3 is 1. The van der Waals surface area contributed by atoms with Crippen LogP contribution in [-0.2, 0) is 4.79 Å². The molecule has 21 heavy (non-hydrogen) atoms. The normalized spacial score (nSPS) is 21.1. The number of β-lactam (4-membered cyclic amide) rings is 1. The van der Waals surface area contributed by atoms with Gasteiger partial charge in [0, 0.05) is 5.69 Å². The average molecular weight is 286 g/mol. The molecule has 0 bridgehead atoms. The largest absolute Gasteiger partial charge is 0.497 e. The monoisotopic (exact) mass is 286 g/mol. The zero-order valence-corrected chi connectivity index (χ0v) is 11.5. The summed E-state index contributed by atoms with van der Waals surface area (Å²) in [6, 6.07) is 12.4. The fourth-order valence-electron chi connectivity index (χ4n) is 2.61. The number of rotatable bonds is 3. The van der Waals surface area contributed by atoms with Gasteiger partial charge in [-0.2, -0.15) is 0 Å². The molecule has 1 aliphatic heterocycles. The highest BCUT2D eigenvalue weighted by Crippen LogP contribution is 2.39. The second kappa shape index (κ2) is 5.18. The molecule has 0 aromatic heterocycles. The van der Waals surface area contributed by atoms with E-state index in [1.807, 2.05) is 24.3 Å². The molecule has 1 heterocycles. The van der Waals surface area contributed by atoms with E-state index in [1.54, 1.807) is 19.2 Å². The van der Waals surface area contributed by atoms with Crippen LogP contribution in [0.4, 0.5) is 10.1 Å². The second-order valence-corrected chi connectivity index (χ2v) is 4.94. The summed E-state index contributed by atoms with van der Waals surface area (Å²) in [6.45, 7) is 0. The lowest BCUT2D eigenvalue weighted by Crippen LogP contribution is -2.63. The van der Waals surface area contributed by atoms with Crippen molar-refractivity contribution in [2.75, 3.05) is 12.0 Å². The highest BCUT2D eigenvalue weighted by atomic mass is 19.1. The molecule has 0 saturated carbocycles. The van der Waals surface area contributed by atoms with Crippen LogP contribution in [-0.4, -0.2) is 19.1 Å². The van der Waals surface area contributed by atoms with Crippen LogP contribution in [0.25, 0.3) is 0 Å². The van der Waals surface area contributed by atoms with Crippen LogP contribution in [0.3, 0.4) is 0 Å². The Morgan fingerprint density at radius 1 is 1.19 bits per heavy atom. The molecule has 2 N–H and O–H groups in total. The van der Waals surface area contributed by atoms with Crippen molar-refractivity contribution in [2.24, 2.45) is 5.73 Å². The molecule has 0 spiro atoms. The standard InChI is InChI=1S/C16H15FN2O2/c1-21-13-7-2-4-10(8-13)15-14(18)16(20)19(15)12-6-3-5-11(17)9-12/h2-9,14-15H,18H2,1H3/t14-,15-/m1/s1. The maximum absolute atomic E-state index is 13.4. The van der Waals surface area contributed by atoms with E-state index in [0.29, 0.717) is 11.4 Å². The van der Waals surface area contributed by atoms with Crippen molar-refractivity contribution in [3.63, 3.8) is 0 Å². The number of nitrogens with zero attached hydrogens (tertiary/aromatic N) is 1. The second-order valence-electron chi connectivity index (χ2n) is 4.94. The number of amides is 1. The lowest BCUT2D eigenvalue weighted by molar-refractivity contribution is -0.126. The Labute approximate surface area is 121 Å². The quantitative estimate of drug-likeness (QED) is 0.880. The molecule has 0 aliphatic carbocycles. The first-order chi connectivity index (χ1) is 10.1. The van der Waals surface area contributed by atoms with Crippen molar-refractivity contribution >= 4 is 11.6 Å². The molecule has 108 valence electrons. The van der Waals surface area contributed by atoms with Gasteiger partial charge < -0.3 is 15.4 Å². The summed E-state index contributed by atoms with van der Waals surface area (Å²) < 4.78 is 18.6. The Morgan fingerprint density at radius 2 is 1.95 bits per heavy atom. The Balaban J connectivity index is 1.98. The molecule has 1 aliphatic rings. The van der Waals surface area contributed by atoms with Crippen molar-refractivity contribution in [2.45, 2.75) is 12.1 Å². The molecule has 1 amide bonds. The van der Waals surface area contributed by atoms with Gasteiger partial charge in [-0.3, -0.25) is 4.79 Å². The predicted molar refractivity (Wildman–Crippen MR) is 77.6 cm³/mol. The molecule has 2 aromatic rings. The molecule has 1 fully saturated rings. The van der Waals surface area contributed by atoms with Gasteiger partial charge in [-0.25, -0.2) is 4.39 Å². The minimum Gasteiger partial charge on any atom is -0.497 e. The molecule has 2 atom stereocenters. The van der Waals surface area contributed by atoms with Crippen molar-refractivity contribution < 1.29 is 13.9 Å². The fraction of sp³-hybridized carbons (Fsp3) is 0.188. The van der Waals surface area contributed by atoms with Gasteiger partial charge in [0.25, 0.3) is 0 Å². The Hall–Kier alpha value is -2.40. The summed E-state index contributed by atoms with van der Waals surface area (Å²) in [5.74, 6) is 0.0943. The number of carbonyl (C=O) groups is 1. The number of ether oxygens (including phenoxy) is 1. The number of hydrogen-bond acceptors (Lipinski definition) is 3. The smallest absolute Gasteiger partial charge is 0.247 e. The number of hydrogen-bond donors (Lipinski definition) is 1.